The first-order chi connectivity index (χ1) is 12.9. The van der Waals surface area contributed by atoms with Crippen LogP contribution in [-0.2, 0) is 24.4 Å². The molecule has 144 valence electrons. The molecule has 2 aromatic heterocycles. The van der Waals surface area contributed by atoms with Gasteiger partial charge >= 0.3 is 0 Å². The minimum absolute atomic E-state index is 0.0442. The van der Waals surface area contributed by atoms with Gasteiger partial charge in [-0.15, -0.1) is 0 Å². The molecule has 0 saturated heterocycles. The van der Waals surface area contributed by atoms with Gasteiger partial charge in [0.25, 0.3) is 5.91 Å². The van der Waals surface area contributed by atoms with Crippen molar-refractivity contribution in [1.82, 2.24) is 25.0 Å². The first kappa shape index (κ1) is 19.0. The van der Waals surface area contributed by atoms with E-state index in [4.69, 9.17) is 5.73 Å². The van der Waals surface area contributed by atoms with Gasteiger partial charge in [-0.25, -0.2) is 0 Å². The van der Waals surface area contributed by atoms with Crippen molar-refractivity contribution >= 4 is 11.8 Å². The van der Waals surface area contributed by atoms with Crippen LogP contribution in [0, 0.1) is 5.92 Å². The van der Waals surface area contributed by atoms with Gasteiger partial charge in [0.1, 0.15) is 0 Å². The van der Waals surface area contributed by atoms with E-state index in [2.05, 4.69) is 15.4 Å². The van der Waals surface area contributed by atoms with Gasteiger partial charge < -0.3 is 16.0 Å². The number of carbonyl (C=O) groups is 2. The SMILES string of the molecule is CC(C)CC(N)C(=O)N1CCn2nc(C(=O)NCc3ccccn3)cc2C1. The lowest BCUT2D eigenvalue weighted by atomic mass is 10.0. The molecule has 1 unspecified atom stereocenters. The molecule has 0 radical (unpaired) electrons. The number of carbonyl (C=O) groups excluding carboxylic acids is 2. The van der Waals surface area contributed by atoms with Gasteiger partial charge in [0.2, 0.25) is 5.91 Å². The summed E-state index contributed by atoms with van der Waals surface area (Å²) in [6, 6.07) is 6.80. The lowest BCUT2D eigenvalue weighted by Crippen LogP contribution is -2.47. The molecule has 0 aliphatic carbocycles. The van der Waals surface area contributed by atoms with Crippen LogP contribution >= 0.6 is 0 Å². The van der Waals surface area contributed by atoms with Crippen LogP contribution in [0.15, 0.2) is 30.5 Å². The molecule has 0 spiro atoms. The summed E-state index contributed by atoms with van der Waals surface area (Å²) < 4.78 is 1.79. The summed E-state index contributed by atoms with van der Waals surface area (Å²) in [6.45, 7) is 5.97. The maximum Gasteiger partial charge on any atom is 0.272 e. The van der Waals surface area contributed by atoms with E-state index >= 15 is 0 Å². The maximum atomic E-state index is 12.5. The van der Waals surface area contributed by atoms with Crippen molar-refractivity contribution in [2.24, 2.45) is 11.7 Å². The average molecular weight is 370 g/mol. The fraction of sp³-hybridized carbons (Fsp3) is 0.474. The van der Waals surface area contributed by atoms with Gasteiger partial charge in [-0.05, 0) is 30.5 Å². The summed E-state index contributed by atoms with van der Waals surface area (Å²) in [5.41, 5.74) is 8.01. The Balaban J connectivity index is 1.61. The van der Waals surface area contributed by atoms with Gasteiger partial charge in [0.15, 0.2) is 5.69 Å². The molecule has 27 heavy (non-hydrogen) atoms. The molecule has 3 N–H and O–H groups in total. The van der Waals surface area contributed by atoms with Crippen LogP contribution in [0.3, 0.4) is 0 Å². The Hall–Kier alpha value is -2.74. The molecule has 2 aromatic rings. The Bertz CT molecular complexity index is 802. The summed E-state index contributed by atoms with van der Waals surface area (Å²) >= 11 is 0. The molecule has 1 aliphatic rings. The number of nitrogens with two attached hydrogens (primary N) is 1. The number of pyridine rings is 1. The lowest BCUT2D eigenvalue weighted by Gasteiger charge is -2.30. The average Bonchev–Trinajstić information content (AvgIpc) is 3.09. The summed E-state index contributed by atoms with van der Waals surface area (Å²) in [5.74, 6) is 0.0721. The zero-order valence-electron chi connectivity index (χ0n) is 15.8. The normalized spacial score (nSPS) is 14.7. The fourth-order valence-electron chi connectivity index (χ4n) is 3.17. The van der Waals surface area contributed by atoms with Crippen LogP contribution in [0.2, 0.25) is 0 Å². The Morgan fingerprint density at radius 1 is 1.30 bits per heavy atom. The van der Waals surface area contributed by atoms with E-state index in [0.717, 1.165) is 11.4 Å². The Labute approximate surface area is 158 Å². The predicted molar refractivity (Wildman–Crippen MR) is 100 cm³/mol. The van der Waals surface area contributed by atoms with Crippen LogP contribution in [0.1, 0.15) is 42.1 Å². The third-order valence-corrected chi connectivity index (χ3v) is 4.54. The van der Waals surface area contributed by atoms with Gasteiger partial charge in [0.05, 0.1) is 37.1 Å². The third-order valence-electron chi connectivity index (χ3n) is 4.54. The van der Waals surface area contributed by atoms with E-state index in [0.29, 0.717) is 44.2 Å². The first-order valence-electron chi connectivity index (χ1n) is 9.23. The summed E-state index contributed by atoms with van der Waals surface area (Å²) in [6.07, 6.45) is 2.35. The zero-order chi connectivity index (χ0) is 19.4. The molecule has 3 rings (SSSR count). The summed E-state index contributed by atoms with van der Waals surface area (Å²) in [4.78, 5) is 30.8. The standard InChI is InChI=1S/C19H26N6O2/c1-13(2)9-16(20)19(27)24-7-8-25-15(12-24)10-17(23-25)18(26)22-11-14-5-3-4-6-21-14/h3-6,10,13,16H,7-9,11-12,20H2,1-2H3,(H,22,26). The van der Waals surface area contributed by atoms with Crippen molar-refractivity contribution in [1.29, 1.82) is 0 Å². The van der Waals surface area contributed by atoms with Gasteiger partial charge in [-0.1, -0.05) is 19.9 Å². The Kier molecular flexibility index (Phi) is 5.85. The maximum absolute atomic E-state index is 12.5. The largest absolute Gasteiger partial charge is 0.345 e. The number of amides is 2. The van der Waals surface area contributed by atoms with Crippen molar-refractivity contribution in [3.63, 3.8) is 0 Å². The number of hydrogen-bond donors (Lipinski definition) is 2. The summed E-state index contributed by atoms with van der Waals surface area (Å²) in [7, 11) is 0. The highest BCUT2D eigenvalue weighted by Crippen LogP contribution is 2.16. The second-order valence-corrected chi connectivity index (χ2v) is 7.24. The fourth-order valence-corrected chi connectivity index (χ4v) is 3.17. The van der Waals surface area contributed by atoms with E-state index in [1.165, 1.54) is 0 Å². The molecule has 2 amide bonds. The highest BCUT2D eigenvalue weighted by Gasteiger charge is 2.27. The second kappa shape index (κ2) is 8.30. The van der Waals surface area contributed by atoms with Crippen molar-refractivity contribution in [3.8, 4) is 0 Å². The lowest BCUT2D eigenvalue weighted by molar-refractivity contribution is -0.134. The topological polar surface area (TPSA) is 106 Å². The van der Waals surface area contributed by atoms with E-state index < -0.39 is 6.04 Å². The highest BCUT2D eigenvalue weighted by atomic mass is 16.2. The molecule has 0 saturated carbocycles. The molecular weight excluding hydrogens is 344 g/mol. The minimum atomic E-state index is -0.486. The molecule has 8 nitrogen and oxygen atoms in total. The number of fused-ring (bicyclic) bond motifs is 1. The first-order valence-corrected chi connectivity index (χ1v) is 9.23. The molecule has 3 heterocycles. The van der Waals surface area contributed by atoms with Crippen molar-refractivity contribution in [2.45, 2.75) is 45.9 Å². The zero-order valence-corrected chi connectivity index (χ0v) is 15.8. The molecule has 1 aliphatic heterocycles. The number of aromatic nitrogens is 3. The quantitative estimate of drug-likeness (QED) is 0.787. The number of nitrogens with zero attached hydrogens (tertiary/aromatic N) is 4. The van der Waals surface area contributed by atoms with E-state index in [9.17, 15) is 9.59 Å². The van der Waals surface area contributed by atoms with Gasteiger partial charge in [-0.2, -0.15) is 5.10 Å². The van der Waals surface area contributed by atoms with Crippen molar-refractivity contribution < 1.29 is 9.59 Å². The Morgan fingerprint density at radius 3 is 2.81 bits per heavy atom. The third kappa shape index (κ3) is 4.71. The molecule has 0 aromatic carbocycles. The smallest absolute Gasteiger partial charge is 0.272 e. The Morgan fingerprint density at radius 2 is 2.11 bits per heavy atom. The van der Waals surface area contributed by atoms with E-state index in [-0.39, 0.29) is 11.8 Å². The van der Waals surface area contributed by atoms with E-state index in [1.807, 2.05) is 32.0 Å². The predicted octanol–water partition coefficient (Wildman–Crippen LogP) is 0.924. The second-order valence-electron chi connectivity index (χ2n) is 7.24. The van der Waals surface area contributed by atoms with Crippen LogP contribution < -0.4 is 11.1 Å². The molecule has 0 fully saturated rings. The monoisotopic (exact) mass is 370 g/mol. The van der Waals surface area contributed by atoms with E-state index in [1.54, 1.807) is 21.8 Å². The van der Waals surface area contributed by atoms with Crippen molar-refractivity contribution in [3.05, 3.63) is 47.5 Å². The van der Waals surface area contributed by atoms with Gasteiger partial charge in [-0.3, -0.25) is 19.3 Å². The van der Waals surface area contributed by atoms with Crippen LogP contribution in [0.25, 0.3) is 0 Å². The molecule has 8 heteroatoms. The minimum Gasteiger partial charge on any atom is -0.345 e. The van der Waals surface area contributed by atoms with Gasteiger partial charge in [0, 0.05) is 12.7 Å². The van der Waals surface area contributed by atoms with Crippen LogP contribution in [0.4, 0.5) is 0 Å². The molecular formula is C19H26N6O2. The van der Waals surface area contributed by atoms with Crippen LogP contribution in [-0.4, -0.2) is 44.1 Å². The molecule has 0 bridgehead atoms. The highest BCUT2D eigenvalue weighted by molar-refractivity contribution is 5.92. The van der Waals surface area contributed by atoms with Crippen LogP contribution in [0.5, 0.6) is 0 Å². The molecule has 1 atom stereocenters. The summed E-state index contributed by atoms with van der Waals surface area (Å²) in [5, 5.41) is 7.19. The number of nitrogens with one attached hydrogen (secondary N) is 1. The number of hydrogen-bond acceptors (Lipinski definition) is 5. The number of rotatable bonds is 6. The van der Waals surface area contributed by atoms with Crippen molar-refractivity contribution in [2.75, 3.05) is 6.54 Å².